The SMILES string of the molecule is CCN(CC)c1nc(-c2ccc(NC(=O)c3ccc(Cl)c(Cl)c3)cc2)cs1. The van der Waals surface area contributed by atoms with Crippen molar-refractivity contribution in [2.45, 2.75) is 13.8 Å². The summed E-state index contributed by atoms with van der Waals surface area (Å²) in [6, 6.07) is 12.4. The van der Waals surface area contributed by atoms with Crippen molar-refractivity contribution in [1.82, 2.24) is 4.98 Å². The average Bonchev–Trinajstić information content (AvgIpc) is 3.15. The Hall–Kier alpha value is -2.08. The van der Waals surface area contributed by atoms with Gasteiger partial charge in [0.05, 0.1) is 15.7 Å². The van der Waals surface area contributed by atoms with Crippen LogP contribution in [-0.4, -0.2) is 24.0 Å². The lowest BCUT2D eigenvalue weighted by Crippen LogP contribution is -2.21. The van der Waals surface area contributed by atoms with E-state index >= 15 is 0 Å². The number of halogens is 2. The summed E-state index contributed by atoms with van der Waals surface area (Å²) in [6.45, 7) is 6.11. The van der Waals surface area contributed by atoms with Gasteiger partial charge in [-0.3, -0.25) is 4.79 Å². The molecule has 0 aliphatic carbocycles. The Morgan fingerprint density at radius 3 is 2.41 bits per heavy atom. The highest BCUT2D eigenvalue weighted by atomic mass is 35.5. The van der Waals surface area contributed by atoms with Crippen LogP contribution in [0.5, 0.6) is 0 Å². The van der Waals surface area contributed by atoms with E-state index in [0.717, 1.165) is 29.5 Å². The second kappa shape index (κ2) is 8.74. The lowest BCUT2D eigenvalue weighted by atomic mass is 10.1. The van der Waals surface area contributed by atoms with Crippen LogP contribution < -0.4 is 10.2 Å². The number of carbonyl (C=O) groups excluding carboxylic acids is 1. The molecule has 1 N–H and O–H groups in total. The van der Waals surface area contributed by atoms with E-state index in [1.54, 1.807) is 29.5 Å². The largest absolute Gasteiger partial charge is 0.349 e. The quantitative estimate of drug-likeness (QED) is 0.515. The van der Waals surface area contributed by atoms with Gasteiger partial charge in [0.15, 0.2) is 5.13 Å². The van der Waals surface area contributed by atoms with Crippen LogP contribution in [0.4, 0.5) is 10.8 Å². The molecule has 0 aliphatic rings. The third-order valence-corrected chi connectivity index (χ3v) is 5.79. The molecular weight excluding hydrogens is 401 g/mol. The number of thiazole rings is 1. The summed E-state index contributed by atoms with van der Waals surface area (Å²) < 4.78 is 0. The molecule has 1 heterocycles. The maximum atomic E-state index is 12.3. The van der Waals surface area contributed by atoms with E-state index in [1.807, 2.05) is 24.3 Å². The highest BCUT2D eigenvalue weighted by Gasteiger charge is 2.11. The fourth-order valence-corrected chi connectivity index (χ4v) is 3.86. The average molecular weight is 420 g/mol. The fraction of sp³-hybridized carbons (Fsp3) is 0.200. The minimum absolute atomic E-state index is 0.237. The Morgan fingerprint density at radius 2 is 1.78 bits per heavy atom. The van der Waals surface area contributed by atoms with Crippen molar-refractivity contribution in [3.8, 4) is 11.3 Å². The van der Waals surface area contributed by atoms with Crippen LogP contribution in [0.2, 0.25) is 10.0 Å². The third kappa shape index (κ3) is 4.61. The molecule has 3 rings (SSSR count). The van der Waals surface area contributed by atoms with Crippen LogP contribution in [0.1, 0.15) is 24.2 Å². The molecule has 4 nitrogen and oxygen atoms in total. The molecule has 0 atom stereocenters. The number of carbonyl (C=O) groups is 1. The molecule has 1 aromatic heterocycles. The molecule has 2 aromatic carbocycles. The van der Waals surface area contributed by atoms with Crippen molar-refractivity contribution in [2.75, 3.05) is 23.3 Å². The molecule has 0 saturated carbocycles. The number of benzene rings is 2. The van der Waals surface area contributed by atoms with Gasteiger partial charge >= 0.3 is 0 Å². The first-order chi connectivity index (χ1) is 13.0. The molecule has 3 aromatic rings. The van der Waals surface area contributed by atoms with Gasteiger partial charge in [-0.2, -0.15) is 0 Å². The molecular formula is C20H19Cl2N3OS. The Bertz CT molecular complexity index is 937. The zero-order valence-electron chi connectivity index (χ0n) is 15.0. The summed E-state index contributed by atoms with van der Waals surface area (Å²) in [6.07, 6.45) is 0. The first-order valence-electron chi connectivity index (χ1n) is 8.59. The van der Waals surface area contributed by atoms with Crippen LogP contribution in [0, 0.1) is 0 Å². The van der Waals surface area contributed by atoms with Crippen molar-refractivity contribution < 1.29 is 4.79 Å². The van der Waals surface area contributed by atoms with Gasteiger partial charge in [-0.25, -0.2) is 4.98 Å². The zero-order valence-corrected chi connectivity index (χ0v) is 17.3. The van der Waals surface area contributed by atoms with E-state index in [4.69, 9.17) is 28.2 Å². The number of nitrogens with one attached hydrogen (secondary N) is 1. The van der Waals surface area contributed by atoms with Crippen LogP contribution in [0.3, 0.4) is 0 Å². The standard InChI is InChI=1S/C20H19Cl2N3OS/c1-3-25(4-2)20-24-18(12-27-20)13-5-8-15(9-6-13)23-19(26)14-7-10-16(21)17(22)11-14/h5-12H,3-4H2,1-2H3,(H,23,26). The maximum absolute atomic E-state index is 12.3. The van der Waals surface area contributed by atoms with Gasteiger partial charge in [-0.15, -0.1) is 11.3 Å². The summed E-state index contributed by atoms with van der Waals surface area (Å²) in [7, 11) is 0. The van der Waals surface area contributed by atoms with Gasteiger partial charge in [0.2, 0.25) is 0 Å². The number of aromatic nitrogens is 1. The number of nitrogens with zero attached hydrogens (tertiary/aromatic N) is 2. The summed E-state index contributed by atoms with van der Waals surface area (Å²) in [5.74, 6) is -0.237. The fourth-order valence-electron chi connectivity index (χ4n) is 2.60. The number of amides is 1. The molecule has 1 amide bonds. The molecule has 0 unspecified atom stereocenters. The topological polar surface area (TPSA) is 45.2 Å². The smallest absolute Gasteiger partial charge is 0.255 e. The van der Waals surface area contributed by atoms with E-state index in [0.29, 0.717) is 21.3 Å². The minimum atomic E-state index is -0.237. The third-order valence-electron chi connectivity index (χ3n) is 4.15. The number of hydrogen-bond donors (Lipinski definition) is 1. The number of hydrogen-bond acceptors (Lipinski definition) is 4. The van der Waals surface area contributed by atoms with E-state index in [9.17, 15) is 4.79 Å². The molecule has 0 saturated heterocycles. The molecule has 0 spiro atoms. The predicted molar refractivity (Wildman–Crippen MR) is 116 cm³/mol. The predicted octanol–water partition coefficient (Wildman–Crippen LogP) is 6.22. The van der Waals surface area contributed by atoms with Gasteiger partial charge in [-0.05, 0) is 44.2 Å². The van der Waals surface area contributed by atoms with Crippen LogP contribution in [-0.2, 0) is 0 Å². The normalized spacial score (nSPS) is 10.7. The molecule has 0 fully saturated rings. The minimum Gasteiger partial charge on any atom is -0.349 e. The van der Waals surface area contributed by atoms with Crippen LogP contribution >= 0.6 is 34.5 Å². The lowest BCUT2D eigenvalue weighted by molar-refractivity contribution is 0.102. The monoisotopic (exact) mass is 419 g/mol. The summed E-state index contributed by atoms with van der Waals surface area (Å²) >= 11 is 13.5. The summed E-state index contributed by atoms with van der Waals surface area (Å²) in [4.78, 5) is 19.3. The Balaban J connectivity index is 1.72. The van der Waals surface area contributed by atoms with Gasteiger partial charge in [0.1, 0.15) is 0 Å². The van der Waals surface area contributed by atoms with Gasteiger partial charge in [0, 0.05) is 35.3 Å². The lowest BCUT2D eigenvalue weighted by Gasteiger charge is -2.16. The molecule has 27 heavy (non-hydrogen) atoms. The van der Waals surface area contributed by atoms with Crippen molar-refractivity contribution >= 4 is 51.3 Å². The highest BCUT2D eigenvalue weighted by Crippen LogP contribution is 2.28. The van der Waals surface area contributed by atoms with Gasteiger partial charge < -0.3 is 10.2 Å². The second-order valence-corrected chi connectivity index (χ2v) is 7.50. The van der Waals surface area contributed by atoms with E-state index < -0.39 is 0 Å². The molecule has 0 bridgehead atoms. The Morgan fingerprint density at radius 1 is 1.07 bits per heavy atom. The van der Waals surface area contributed by atoms with Crippen molar-refractivity contribution in [3.63, 3.8) is 0 Å². The number of anilines is 2. The zero-order chi connectivity index (χ0) is 19.4. The van der Waals surface area contributed by atoms with Gasteiger partial charge in [0.25, 0.3) is 5.91 Å². The Kier molecular flexibility index (Phi) is 6.37. The van der Waals surface area contributed by atoms with Crippen LogP contribution in [0.25, 0.3) is 11.3 Å². The van der Waals surface area contributed by atoms with Crippen molar-refractivity contribution in [2.24, 2.45) is 0 Å². The molecule has 140 valence electrons. The van der Waals surface area contributed by atoms with E-state index in [-0.39, 0.29) is 5.91 Å². The number of rotatable bonds is 6. The van der Waals surface area contributed by atoms with Gasteiger partial charge in [-0.1, -0.05) is 35.3 Å². The first-order valence-corrected chi connectivity index (χ1v) is 10.2. The first kappa shape index (κ1) is 19.7. The van der Waals surface area contributed by atoms with Crippen LogP contribution in [0.15, 0.2) is 47.8 Å². The molecule has 7 heteroatoms. The van der Waals surface area contributed by atoms with E-state index in [2.05, 4.69) is 29.4 Å². The van der Waals surface area contributed by atoms with Crippen molar-refractivity contribution in [3.05, 3.63) is 63.5 Å². The second-order valence-electron chi connectivity index (χ2n) is 5.85. The molecule has 0 radical (unpaired) electrons. The highest BCUT2D eigenvalue weighted by molar-refractivity contribution is 7.14. The maximum Gasteiger partial charge on any atom is 0.255 e. The van der Waals surface area contributed by atoms with Crippen molar-refractivity contribution in [1.29, 1.82) is 0 Å². The summed E-state index contributed by atoms with van der Waals surface area (Å²) in [5.41, 5.74) is 3.10. The van der Waals surface area contributed by atoms with E-state index in [1.165, 1.54) is 0 Å². The summed E-state index contributed by atoms with van der Waals surface area (Å²) in [5, 5.41) is 6.71. The Labute approximate surface area is 172 Å². The molecule has 0 aliphatic heterocycles.